The monoisotopic (exact) mass is 554 g/mol. The normalized spacial score (nSPS) is 23.6. The molecule has 38 heavy (non-hydrogen) atoms. The van der Waals surface area contributed by atoms with Crippen molar-refractivity contribution in [3.05, 3.63) is 48.0 Å². The van der Waals surface area contributed by atoms with Gasteiger partial charge < -0.3 is 40.0 Å². The van der Waals surface area contributed by atoms with Crippen LogP contribution in [0.15, 0.2) is 47.4 Å². The van der Waals surface area contributed by atoms with Crippen molar-refractivity contribution in [3.63, 3.8) is 0 Å². The smallest absolute Gasteiger partial charge is 0.338 e. The van der Waals surface area contributed by atoms with E-state index in [-0.39, 0.29) is 23.6 Å². The van der Waals surface area contributed by atoms with Crippen LogP contribution < -0.4 is 14.8 Å². The lowest BCUT2D eigenvalue weighted by molar-refractivity contribution is -0.231. The van der Waals surface area contributed by atoms with Gasteiger partial charge in [0.1, 0.15) is 35.1 Å². The molecule has 0 bridgehead atoms. The van der Waals surface area contributed by atoms with Crippen LogP contribution >= 0.6 is 0 Å². The number of sulfonamides is 1. The van der Waals surface area contributed by atoms with Crippen molar-refractivity contribution in [3.8, 4) is 11.5 Å². The van der Waals surface area contributed by atoms with Gasteiger partial charge >= 0.3 is 5.97 Å². The Morgan fingerprint density at radius 2 is 1.76 bits per heavy atom. The van der Waals surface area contributed by atoms with E-state index in [1.165, 1.54) is 6.07 Å². The summed E-state index contributed by atoms with van der Waals surface area (Å²) in [5.41, 5.74) is 0.141. The molecule has 1 fully saturated rings. The average molecular weight is 555 g/mol. The highest BCUT2D eigenvalue weighted by Crippen LogP contribution is 2.38. The number of para-hydroxylation sites is 1. The van der Waals surface area contributed by atoms with Crippen molar-refractivity contribution in [1.82, 2.24) is 4.72 Å². The third-order valence-electron chi connectivity index (χ3n) is 5.83. The molecule has 0 saturated carbocycles. The molecule has 0 radical (unpaired) electrons. The lowest BCUT2D eigenvalue weighted by Crippen LogP contribution is -2.63. The molecule has 1 aliphatic heterocycles. The zero-order chi connectivity index (χ0) is 27.9. The summed E-state index contributed by atoms with van der Waals surface area (Å²) in [5, 5.41) is 43.1. The Labute approximate surface area is 221 Å². The Hall–Kier alpha value is -2.78. The van der Waals surface area contributed by atoms with Gasteiger partial charge in [0.05, 0.1) is 24.5 Å². The van der Waals surface area contributed by atoms with Crippen molar-refractivity contribution in [2.75, 3.05) is 25.1 Å². The zero-order valence-corrected chi connectivity index (χ0v) is 21.9. The van der Waals surface area contributed by atoms with E-state index in [2.05, 4.69) is 10.0 Å². The number of nitrogens with one attached hydrogen (secondary N) is 2. The van der Waals surface area contributed by atoms with Crippen molar-refractivity contribution >= 4 is 21.7 Å². The lowest BCUT2D eigenvalue weighted by Gasteiger charge is -2.40. The summed E-state index contributed by atoms with van der Waals surface area (Å²) in [4.78, 5) is 12.1. The summed E-state index contributed by atoms with van der Waals surface area (Å²) in [6.07, 6.45) is -6.80. The Kier molecular flexibility index (Phi) is 10.4. The van der Waals surface area contributed by atoms with E-state index in [1.54, 1.807) is 37.3 Å². The van der Waals surface area contributed by atoms with Gasteiger partial charge in [0, 0.05) is 6.54 Å². The molecule has 12 nitrogen and oxygen atoms in total. The number of anilines is 1. The zero-order valence-electron chi connectivity index (χ0n) is 21.1. The van der Waals surface area contributed by atoms with Crippen LogP contribution in [-0.4, -0.2) is 85.2 Å². The van der Waals surface area contributed by atoms with Gasteiger partial charge in [0.25, 0.3) is 0 Å². The van der Waals surface area contributed by atoms with E-state index < -0.39 is 58.1 Å². The van der Waals surface area contributed by atoms with Crippen LogP contribution in [0.5, 0.6) is 11.5 Å². The number of hydrogen-bond donors (Lipinski definition) is 6. The summed E-state index contributed by atoms with van der Waals surface area (Å²) in [6, 6.07) is 10.9. The number of aliphatic hydroxyl groups excluding tert-OH is 4. The number of esters is 1. The predicted octanol–water partition coefficient (Wildman–Crippen LogP) is 0.946. The second-order valence-corrected chi connectivity index (χ2v) is 10.3. The van der Waals surface area contributed by atoms with Crippen molar-refractivity contribution in [1.29, 1.82) is 0 Å². The minimum atomic E-state index is -4.62. The molecule has 0 spiro atoms. The van der Waals surface area contributed by atoms with Gasteiger partial charge in [-0.25, -0.2) is 13.2 Å². The number of aliphatic hydroxyl groups is 4. The molecule has 13 heteroatoms. The molecule has 0 aliphatic carbocycles. The van der Waals surface area contributed by atoms with E-state index in [9.17, 15) is 33.6 Å². The Balaban J connectivity index is 2.11. The highest BCUT2D eigenvalue weighted by Gasteiger charge is 2.45. The number of rotatable bonds is 12. The van der Waals surface area contributed by atoms with Gasteiger partial charge in [-0.2, -0.15) is 4.72 Å². The van der Waals surface area contributed by atoms with E-state index in [0.717, 1.165) is 18.9 Å². The quantitative estimate of drug-likeness (QED) is 0.162. The van der Waals surface area contributed by atoms with E-state index in [0.29, 0.717) is 12.3 Å². The fraction of sp³-hybridized carbons (Fsp3) is 0.480. The Bertz CT molecular complexity index is 1180. The molecule has 0 aromatic heterocycles. The molecule has 1 aliphatic rings. The van der Waals surface area contributed by atoms with E-state index >= 15 is 0 Å². The predicted molar refractivity (Wildman–Crippen MR) is 136 cm³/mol. The fourth-order valence-electron chi connectivity index (χ4n) is 3.79. The summed E-state index contributed by atoms with van der Waals surface area (Å²) >= 11 is 0. The first-order chi connectivity index (χ1) is 18.1. The number of hydrogen-bond acceptors (Lipinski definition) is 11. The molecular formula is C25H34N2O10S. The second kappa shape index (κ2) is 13.3. The third-order valence-corrected chi connectivity index (χ3v) is 7.25. The molecule has 1 saturated heterocycles. The molecule has 3 rings (SSSR count). The first-order valence-corrected chi connectivity index (χ1v) is 13.8. The van der Waals surface area contributed by atoms with Crippen molar-refractivity contribution in [2.24, 2.45) is 0 Å². The van der Waals surface area contributed by atoms with E-state index in [1.807, 2.05) is 6.92 Å². The minimum absolute atomic E-state index is 0.0604. The van der Waals surface area contributed by atoms with Gasteiger partial charge in [-0.15, -0.1) is 0 Å². The van der Waals surface area contributed by atoms with Crippen molar-refractivity contribution in [2.45, 2.75) is 62.2 Å². The highest BCUT2D eigenvalue weighted by molar-refractivity contribution is 7.89. The molecule has 5 atom stereocenters. The maximum atomic E-state index is 13.7. The van der Waals surface area contributed by atoms with Crippen LogP contribution in [0, 0.1) is 0 Å². The average Bonchev–Trinajstić information content (AvgIpc) is 2.90. The molecule has 1 heterocycles. The molecular weight excluding hydrogens is 520 g/mol. The molecule has 2 aromatic rings. The molecule has 2 aromatic carbocycles. The summed E-state index contributed by atoms with van der Waals surface area (Å²) in [6.45, 7) is 3.37. The SMILES string of the molecule is CCCCNc1cc(C(=O)OCC)cc(S(=O)(=O)NC2O[C@H](CO)[C@@H](O)[C@H](O)[C@@H]2O)c1Oc1ccccc1. The minimum Gasteiger partial charge on any atom is -0.462 e. The Morgan fingerprint density at radius 1 is 1.05 bits per heavy atom. The third kappa shape index (κ3) is 6.99. The summed E-state index contributed by atoms with van der Waals surface area (Å²) in [5.74, 6) is -0.571. The van der Waals surface area contributed by atoms with Crippen LogP contribution in [0.4, 0.5) is 5.69 Å². The molecule has 6 N–H and O–H groups in total. The number of carbonyl (C=O) groups excluding carboxylic acids is 1. The maximum Gasteiger partial charge on any atom is 0.338 e. The van der Waals surface area contributed by atoms with Crippen LogP contribution in [0.1, 0.15) is 37.0 Å². The summed E-state index contributed by atoms with van der Waals surface area (Å²) < 4.78 is 45.9. The van der Waals surface area contributed by atoms with Gasteiger partial charge in [0.2, 0.25) is 10.0 Å². The maximum absolute atomic E-state index is 13.7. The number of unbranched alkanes of at least 4 members (excludes halogenated alkanes) is 1. The van der Waals surface area contributed by atoms with Crippen LogP contribution in [0.2, 0.25) is 0 Å². The largest absolute Gasteiger partial charge is 0.462 e. The number of carbonyl (C=O) groups is 1. The molecule has 210 valence electrons. The van der Waals surface area contributed by atoms with Gasteiger partial charge in [-0.05, 0) is 37.6 Å². The highest BCUT2D eigenvalue weighted by atomic mass is 32.2. The fourth-order valence-corrected chi connectivity index (χ4v) is 5.10. The summed E-state index contributed by atoms with van der Waals surface area (Å²) in [7, 11) is -4.62. The van der Waals surface area contributed by atoms with Crippen LogP contribution in [0.3, 0.4) is 0 Å². The van der Waals surface area contributed by atoms with Crippen LogP contribution in [0.25, 0.3) is 0 Å². The number of benzene rings is 2. The standard InChI is InChI=1S/C25H34N2O10S/c1-3-5-11-26-17-12-15(25(32)35-4-2)13-19(23(17)36-16-9-7-6-8-10-16)38(33,34)27-24-22(31)21(30)20(29)18(14-28)37-24/h6-10,12-13,18,20-22,24,26-31H,3-5,11,14H2,1-2H3/t18-,20-,21+,22+,24?/m1/s1. The lowest BCUT2D eigenvalue weighted by atomic mass is 9.99. The van der Waals surface area contributed by atoms with Crippen molar-refractivity contribution < 1.29 is 47.8 Å². The second-order valence-electron chi connectivity index (χ2n) is 8.64. The van der Waals surface area contributed by atoms with Gasteiger partial charge in [-0.1, -0.05) is 31.5 Å². The topological polar surface area (TPSA) is 184 Å². The first-order valence-electron chi connectivity index (χ1n) is 12.3. The molecule has 1 unspecified atom stereocenters. The van der Waals surface area contributed by atoms with Gasteiger partial charge in [0.15, 0.2) is 12.0 Å². The van der Waals surface area contributed by atoms with E-state index in [4.69, 9.17) is 14.2 Å². The Morgan fingerprint density at radius 3 is 2.39 bits per heavy atom. The molecule has 0 amide bonds. The van der Waals surface area contributed by atoms with Crippen LogP contribution in [-0.2, 0) is 19.5 Å². The number of ether oxygens (including phenoxy) is 3. The van der Waals surface area contributed by atoms with Gasteiger partial charge in [-0.3, -0.25) is 0 Å². The first kappa shape index (κ1) is 29.8.